The van der Waals surface area contributed by atoms with Crippen molar-refractivity contribution in [1.29, 1.82) is 0 Å². The number of hydrogen-bond acceptors (Lipinski definition) is 2. The number of halogens is 1. The van der Waals surface area contributed by atoms with E-state index in [1.54, 1.807) is 11.0 Å². The Labute approximate surface area is 195 Å². The van der Waals surface area contributed by atoms with Crippen molar-refractivity contribution >= 4 is 23.4 Å². The van der Waals surface area contributed by atoms with Crippen LogP contribution < -0.4 is 5.32 Å². The van der Waals surface area contributed by atoms with Crippen LogP contribution in [0, 0.1) is 6.92 Å². The number of aryl methyl sites for hydroxylation is 1. The zero-order valence-electron chi connectivity index (χ0n) is 18.6. The highest BCUT2D eigenvalue weighted by atomic mass is 35.5. The Hall–Kier alpha value is -3.11. The van der Waals surface area contributed by atoms with Crippen LogP contribution in [-0.4, -0.2) is 29.3 Å². The van der Waals surface area contributed by atoms with Crippen LogP contribution >= 0.6 is 11.6 Å². The Balaban J connectivity index is 1.97. The van der Waals surface area contributed by atoms with Gasteiger partial charge in [-0.15, -0.1) is 0 Å². The fourth-order valence-electron chi connectivity index (χ4n) is 3.75. The molecule has 0 aliphatic carbocycles. The summed E-state index contributed by atoms with van der Waals surface area (Å²) in [6.45, 7) is 4.64. The number of amides is 2. The van der Waals surface area contributed by atoms with E-state index in [1.165, 1.54) is 0 Å². The molecule has 2 amide bonds. The van der Waals surface area contributed by atoms with Crippen molar-refractivity contribution in [3.63, 3.8) is 0 Å². The molecular weight excluding hydrogens is 420 g/mol. The molecule has 0 spiro atoms. The van der Waals surface area contributed by atoms with E-state index in [0.29, 0.717) is 18.0 Å². The Morgan fingerprint density at radius 1 is 0.938 bits per heavy atom. The third-order valence-electron chi connectivity index (χ3n) is 5.36. The second-order valence-electron chi connectivity index (χ2n) is 7.88. The average Bonchev–Trinajstić information content (AvgIpc) is 2.78. The van der Waals surface area contributed by atoms with Gasteiger partial charge in [0, 0.05) is 24.5 Å². The molecule has 0 fully saturated rings. The first-order valence-electron chi connectivity index (χ1n) is 10.9. The monoisotopic (exact) mass is 448 g/mol. The zero-order chi connectivity index (χ0) is 22.9. The number of likely N-dealkylation sites (N-methyl/N-ethyl adjacent to an activating group) is 1. The summed E-state index contributed by atoms with van der Waals surface area (Å²) in [5.74, 6) is -0.274. The summed E-state index contributed by atoms with van der Waals surface area (Å²) < 4.78 is 0. The maximum Gasteiger partial charge on any atom is 0.243 e. The molecule has 32 heavy (non-hydrogen) atoms. The number of nitrogens with zero attached hydrogens (tertiary/aromatic N) is 1. The number of rotatable bonds is 9. The van der Waals surface area contributed by atoms with Crippen LogP contribution in [0.3, 0.4) is 0 Å². The van der Waals surface area contributed by atoms with Crippen LogP contribution in [0.5, 0.6) is 0 Å². The SMILES string of the molecule is CCNC(=O)[C@H](Cc1ccccc1)N(Cc1ccccc1Cl)C(=O)Cc1cccc(C)c1. The van der Waals surface area contributed by atoms with E-state index in [9.17, 15) is 9.59 Å². The summed E-state index contributed by atoms with van der Waals surface area (Å²) in [5, 5.41) is 3.49. The molecule has 0 bridgehead atoms. The molecule has 0 radical (unpaired) electrons. The van der Waals surface area contributed by atoms with Gasteiger partial charge >= 0.3 is 0 Å². The number of nitrogens with one attached hydrogen (secondary N) is 1. The molecule has 0 unspecified atom stereocenters. The standard InChI is InChI=1S/C27H29ClN2O2/c1-3-29-27(32)25(17-21-11-5-4-6-12-21)30(19-23-14-7-8-15-24(23)28)26(31)18-22-13-9-10-20(2)16-22/h4-16,25H,3,17-19H2,1-2H3,(H,29,32)/t25-/m0/s1. The lowest BCUT2D eigenvalue weighted by Gasteiger charge is -2.32. The fourth-order valence-corrected chi connectivity index (χ4v) is 3.95. The van der Waals surface area contributed by atoms with Crippen LogP contribution in [0.15, 0.2) is 78.9 Å². The molecule has 0 aliphatic rings. The highest BCUT2D eigenvalue weighted by Gasteiger charge is 2.30. The van der Waals surface area contributed by atoms with Crippen molar-refractivity contribution in [2.45, 2.75) is 39.3 Å². The second-order valence-corrected chi connectivity index (χ2v) is 8.29. The third-order valence-corrected chi connectivity index (χ3v) is 5.73. The molecule has 0 aliphatic heterocycles. The van der Waals surface area contributed by atoms with Gasteiger partial charge < -0.3 is 10.2 Å². The fraction of sp³-hybridized carbons (Fsp3) is 0.259. The largest absolute Gasteiger partial charge is 0.355 e. The van der Waals surface area contributed by atoms with Gasteiger partial charge in [-0.3, -0.25) is 9.59 Å². The quantitative estimate of drug-likeness (QED) is 0.502. The summed E-state index contributed by atoms with van der Waals surface area (Å²) in [7, 11) is 0. The summed E-state index contributed by atoms with van der Waals surface area (Å²) in [6, 6.07) is 24.5. The van der Waals surface area contributed by atoms with Crippen LogP contribution in [0.1, 0.15) is 29.2 Å². The van der Waals surface area contributed by atoms with E-state index >= 15 is 0 Å². The highest BCUT2D eigenvalue weighted by molar-refractivity contribution is 6.31. The third kappa shape index (κ3) is 6.44. The summed E-state index contributed by atoms with van der Waals surface area (Å²) in [5.41, 5.74) is 3.83. The lowest BCUT2D eigenvalue weighted by molar-refractivity contribution is -0.140. The van der Waals surface area contributed by atoms with Gasteiger partial charge in [0.1, 0.15) is 6.04 Å². The van der Waals surface area contributed by atoms with Gasteiger partial charge in [-0.05, 0) is 36.6 Å². The van der Waals surface area contributed by atoms with Gasteiger partial charge in [0.15, 0.2) is 0 Å². The highest BCUT2D eigenvalue weighted by Crippen LogP contribution is 2.21. The van der Waals surface area contributed by atoms with Crippen LogP contribution in [0.4, 0.5) is 0 Å². The Kier molecular flexibility index (Phi) is 8.46. The van der Waals surface area contributed by atoms with E-state index in [2.05, 4.69) is 5.32 Å². The van der Waals surface area contributed by atoms with Crippen molar-refractivity contribution in [1.82, 2.24) is 10.2 Å². The molecule has 0 heterocycles. The molecule has 1 N–H and O–H groups in total. The Morgan fingerprint density at radius 2 is 1.62 bits per heavy atom. The van der Waals surface area contributed by atoms with Gasteiger partial charge in [0.2, 0.25) is 11.8 Å². The van der Waals surface area contributed by atoms with Crippen LogP contribution in [0.2, 0.25) is 5.02 Å². The summed E-state index contributed by atoms with van der Waals surface area (Å²) in [6.07, 6.45) is 0.646. The van der Waals surface area contributed by atoms with Gasteiger partial charge in [-0.2, -0.15) is 0 Å². The maximum atomic E-state index is 13.6. The normalized spacial score (nSPS) is 11.6. The summed E-state index contributed by atoms with van der Waals surface area (Å²) in [4.78, 5) is 28.4. The van der Waals surface area contributed by atoms with E-state index in [1.807, 2.05) is 86.6 Å². The summed E-state index contributed by atoms with van der Waals surface area (Å²) >= 11 is 6.42. The second kappa shape index (κ2) is 11.5. The first kappa shape index (κ1) is 23.6. The average molecular weight is 449 g/mol. The molecule has 3 rings (SSSR count). The molecule has 0 saturated carbocycles. The number of hydrogen-bond donors (Lipinski definition) is 1. The molecule has 0 aromatic heterocycles. The predicted molar refractivity (Wildman–Crippen MR) is 130 cm³/mol. The van der Waals surface area contributed by atoms with Crippen molar-refractivity contribution in [2.24, 2.45) is 0 Å². The molecule has 166 valence electrons. The lowest BCUT2D eigenvalue weighted by atomic mass is 10.0. The van der Waals surface area contributed by atoms with Crippen molar-refractivity contribution in [3.8, 4) is 0 Å². The minimum absolute atomic E-state index is 0.109. The van der Waals surface area contributed by atoms with Crippen LogP contribution in [-0.2, 0) is 29.0 Å². The molecule has 5 heteroatoms. The number of carbonyl (C=O) groups is 2. The minimum Gasteiger partial charge on any atom is -0.355 e. The van der Waals surface area contributed by atoms with Crippen molar-refractivity contribution in [3.05, 3.63) is 106 Å². The molecule has 1 atom stereocenters. The lowest BCUT2D eigenvalue weighted by Crippen LogP contribution is -2.51. The zero-order valence-corrected chi connectivity index (χ0v) is 19.3. The molecule has 4 nitrogen and oxygen atoms in total. The van der Waals surface area contributed by atoms with E-state index in [4.69, 9.17) is 11.6 Å². The molecule has 3 aromatic carbocycles. The first-order valence-corrected chi connectivity index (χ1v) is 11.3. The van der Waals surface area contributed by atoms with Gasteiger partial charge in [0.05, 0.1) is 6.42 Å². The maximum absolute atomic E-state index is 13.6. The van der Waals surface area contributed by atoms with Gasteiger partial charge in [-0.25, -0.2) is 0 Å². The molecule has 0 saturated heterocycles. The van der Waals surface area contributed by atoms with Crippen molar-refractivity contribution in [2.75, 3.05) is 6.54 Å². The number of benzene rings is 3. The van der Waals surface area contributed by atoms with E-state index < -0.39 is 6.04 Å². The number of carbonyl (C=O) groups excluding carboxylic acids is 2. The molecular formula is C27H29ClN2O2. The predicted octanol–water partition coefficient (Wildman–Crippen LogP) is 4.97. The first-order chi connectivity index (χ1) is 15.5. The minimum atomic E-state index is -0.647. The van der Waals surface area contributed by atoms with Gasteiger partial charge in [-0.1, -0.05) is 90.0 Å². The topological polar surface area (TPSA) is 49.4 Å². The van der Waals surface area contributed by atoms with Crippen LogP contribution in [0.25, 0.3) is 0 Å². The van der Waals surface area contributed by atoms with Gasteiger partial charge in [0.25, 0.3) is 0 Å². The smallest absolute Gasteiger partial charge is 0.243 e. The molecule has 3 aromatic rings. The van der Waals surface area contributed by atoms with Crippen molar-refractivity contribution < 1.29 is 9.59 Å². The Bertz CT molecular complexity index is 1050. The Morgan fingerprint density at radius 3 is 2.31 bits per heavy atom. The van der Waals surface area contributed by atoms with E-state index in [0.717, 1.165) is 22.3 Å². The van der Waals surface area contributed by atoms with E-state index in [-0.39, 0.29) is 24.8 Å².